The van der Waals surface area contributed by atoms with Gasteiger partial charge >= 0.3 is 0 Å². The minimum absolute atomic E-state index is 0.212. The number of amides is 2. The third-order valence-corrected chi connectivity index (χ3v) is 5.42. The molecular weight excluding hydrogens is 346 g/mol. The summed E-state index contributed by atoms with van der Waals surface area (Å²) in [6.45, 7) is 1.31. The third kappa shape index (κ3) is 4.27. The Kier molecular flexibility index (Phi) is 5.37. The van der Waals surface area contributed by atoms with Crippen LogP contribution in [-0.2, 0) is 11.2 Å². The van der Waals surface area contributed by atoms with Gasteiger partial charge in [-0.05, 0) is 24.1 Å². The number of hydrogen-bond donors (Lipinski definition) is 1. The maximum Gasteiger partial charge on any atom is 0.286 e. The fourth-order valence-electron chi connectivity index (χ4n) is 2.26. The number of thiazole rings is 1. The van der Waals surface area contributed by atoms with Crippen LogP contribution >= 0.6 is 23.1 Å². The number of aromatic nitrogens is 1. The fraction of sp³-hybridized carbons (Fsp3) is 0.312. The van der Waals surface area contributed by atoms with Crippen molar-refractivity contribution in [3.8, 4) is 5.75 Å². The molecule has 1 aromatic carbocycles. The van der Waals surface area contributed by atoms with Crippen LogP contribution in [0.2, 0.25) is 0 Å². The van der Waals surface area contributed by atoms with Gasteiger partial charge in [-0.15, -0.1) is 11.3 Å². The average Bonchev–Trinajstić information content (AvgIpc) is 3.19. The normalized spacial score (nSPS) is 17.0. The molecule has 0 saturated carbocycles. The molecule has 2 aromatic rings. The SMILES string of the molecule is CN(CCOc1ccc(CC2SC(=O)NC2=O)cc1)c1nccs1. The van der Waals surface area contributed by atoms with E-state index in [0.29, 0.717) is 13.0 Å². The number of thioether (sulfide) groups is 1. The molecule has 1 atom stereocenters. The highest BCUT2D eigenvalue weighted by Gasteiger charge is 2.31. The summed E-state index contributed by atoms with van der Waals surface area (Å²) in [5.41, 5.74) is 1.00. The van der Waals surface area contributed by atoms with Crippen LogP contribution < -0.4 is 15.0 Å². The van der Waals surface area contributed by atoms with Crippen LogP contribution in [0.3, 0.4) is 0 Å². The molecule has 1 aliphatic rings. The molecule has 3 rings (SSSR count). The zero-order valence-corrected chi connectivity index (χ0v) is 14.7. The van der Waals surface area contributed by atoms with E-state index in [1.165, 1.54) is 0 Å². The van der Waals surface area contributed by atoms with Crippen LogP contribution in [0.4, 0.5) is 9.93 Å². The minimum Gasteiger partial charge on any atom is -0.492 e. The van der Waals surface area contributed by atoms with Gasteiger partial charge in [0.2, 0.25) is 5.91 Å². The summed E-state index contributed by atoms with van der Waals surface area (Å²) in [6.07, 6.45) is 2.32. The maximum atomic E-state index is 11.6. The lowest BCUT2D eigenvalue weighted by atomic mass is 10.1. The summed E-state index contributed by atoms with van der Waals surface area (Å²) in [4.78, 5) is 29.0. The standard InChI is InChI=1S/C16H17N3O3S2/c1-19(15-17-6-9-23-15)7-8-22-12-4-2-11(3-5-12)10-13-14(20)18-16(21)24-13/h2-6,9,13H,7-8,10H2,1H3,(H,18,20,21). The van der Waals surface area contributed by atoms with E-state index in [1.807, 2.05) is 41.6 Å². The van der Waals surface area contributed by atoms with Crippen LogP contribution in [0.1, 0.15) is 5.56 Å². The molecular formula is C16H17N3O3S2. The van der Waals surface area contributed by atoms with Crippen molar-refractivity contribution in [2.75, 3.05) is 25.1 Å². The Hall–Kier alpha value is -2.06. The Morgan fingerprint density at radius 3 is 2.71 bits per heavy atom. The number of likely N-dealkylation sites (N-methyl/N-ethyl adjacent to an activating group) is 1. The molecule has 1 N–H and O–H groups in total. The zero-order chi connectivity index (χ0) is 16.9. The number of imide groups is 1. The van der Waals surface area contributed by atoms with Crippen LogP contribution in [0.25, 0.3) is 0 Å². The van der Waals surface area contributed by atoms with Crippen molar-refractivity contribution in [2.45, 2.75) is 11.7 Å². The minimum atomic E-state index is -0.337. The Labute approximate surface area is 148 Å². The molecule has 0 radical (unpaired) electrons. The lowest BCUT2D eigenvalue weighted by Crippen LogP contribution is -2.25. The van der Waals surface area contributed by atoms with Gasteiger partial charge in [0.25, 0.3) is 5.24 Å². The van der Waals surface area contributed by atoms with E-state index >= 15 is 0 Å². The van der Waals surface area contributed by atoms with Gasteiger partial charge in [-0.3, -0.25) is 14.9 Å². The van der Waals surface area contributed by atoms with Crippen LogP contribution in [0.5, 0.6) is 5.75 Å². The molecule has 126 valence electrons. The van der Waals surface area contributed by atoms with Gasteiger partial charge in [0, 0.05) is 18.6 Å². The first-order valence-electron chi connectivity index (χ1n) is 7.45. The van der Waals surface area contributed by atoms with E-state index in [1.54, 1.807) is 17.5 Å². The van der Waals surface area contributed by atoms with Gasteiger partial charge in [0.05, 0.1) is 11.8 Å². The van der Waals surface area contributed by atoms with Gasteiger partial charge in [0.15, 0.2) is 5.13 Å². The van der Waals surface area contributed by atoms with Crippen LogP contribution in [0.15, 0.2) is 35.8 Å². The zero-order valence-electron chi connectivity index (χ0n) is 13.1. The second kappa shape index (κ2) is 7.67. The molecule has 24 heavy (non-hydrogen) atoms. The van der Waals surface area contributed by atoms with E-state index in [9.17, 15) is 9.59 Å². The fourth-order valence-corrected chi connectivity index (χ4v) is 3.76. The summed E-state index contributed by atoms with van der Waals surface area (Å²) in [5, 5.41) is 4.61. The van der Waals surface area contributed by atoms with E-state index in [4.69, 9.17) is 4.74 Å². The Bertz CT molecular complexity index is 704. The van der Waals surface area contributed by atoms with E-state index in [2.05, 4.69) is 10.3 Å². The molecule has 2 amide bonds. The Morgan fingerprint density at radius 1 is 1.29 bits per heavy atom. The Balaban J connectivity index is 1.46. The lowest BCUT2D eigenvalue weighted by molar-refractivity contribution is -0.118. The average molecular weight is 363 g/mol. The van der Waals surface area contributed by atoms with Gasteiger partial charge in [0.1, 0.15) is 12.4 Å². The molecule has 1 aromatic heterocycles. The highest BCUT2D eigenvalue weighted by atomic mass is 32.2. The van der Waals surface area contributed by atoms with Crippen LogP contribution in [0, 0.1) is 0 Å². The molecule has 2 heterocycles. The van der Waals surface area contributed by atoms with Gasteiger partial charge in [-0.25, -0.2) is 4.98 Å². The van der Waals surface area contributed by atoms with Crippen molar-refractivity contribution in [1.82, 2.24) is 10.3 Å². The highest BCUT2D eigenvalue weighted by Crippen LogP contribution is 2.24. The van der Waals surface area contributed by atoms with Crippen molar-refractivity contribution >= 4 is 39.4 Å². The van der Waals surface area contributed by atoms with Crippen molar-refractivity contribution in [2.24, 2.45) is 0 Å². The second-order valence-electron chi connectivity index (χ2n) is 5.32. The van der Waals surface area contributed by atoms with Crippen molar-refractivity contribution in [3.05, 3.63) is 41.4 Å². The molecule has 0 bridgehead atoms. The number of carbonyl (C=O) groups excluding carboxylic acids is 2. The summed E-state index contributed by atoms with van der Waals surface area (Å²) in [5.74, 6) is 0.571. The molecule has 8 heteroatoms. The van der Waals surface area contributed by atoms with E-state index in [-0.39, 0.29) is 16.4 Å². The molecule has 1 aliphatic heterocycles. The summed E-state index contributed by atoms with van der Waals surface area (Å²) >= 11 is 2.64. The number of carbonyl (C=O) groups is 2. The number of rotatable bonds is 7. The first-order valence-corrected chi connectivity index (χ1v) is 9.21. The number of anilines is 1. The molecule has 1 fully saturated rings. The number of benzene rings is 1. The molecule has 6 nitrogen and oxygen atoms in total. The summed E-state index contributed by atoms with van der Waals surface area (Å²) in [6, 6.07) is 7.63. The number of nitrogens with one attached hydrogen (secondary N) is 1. The predicted molar refractivity (Wildman–Crippen MR) is 95.9 cm³/mol. The van der Waals surface area contributed by atoms with Gasteiger partial charge in [-0.2, -0.15) is 0 Å². The monoisotopic (exact) mass is 363 g/mol. The van der Waals surface area contributed by atoms with Gasteiger partial charge < -0.3 is 9.64 Å². The quantitative estimate of drug-likeness (QED) is 0.815. The third-order valence-electron chi connectivity index (χ3n) is 3.55. The summed E-state index contributed by atoms with van der Waals surface area (Å²) in [7, 11) is 1.98. The largest absolute Gasteiger partial charge is 0.492 e. The lowest BCUT2D eigenvalue weighted by Gasteiger charge is -2.16. The molecule has 0 aliphatic carbocycles. The van der Waals surface area contributed by atoms with Crippen molar-refractivity contribution < 1.29 is 14.3 Å². The highest BCUT2D eigenvalue weighted by molar-refractivity contribution is 8.15. The number of hydrogen-bond acceptors (Lipinski definition) is 7. The number of nitrogens with zero attached hydrogens (tertiary/aromatic N) is 2. The van der Waals surface area contributed by atoms with E-state index in [0.717, 1.165) is 34.8 Å². The maximum absolute atomic E-state index is 11.6. The number of ether oxygens (including phenoxy) is 1. The first kappa shape index (κ1) is 16.8. The topological polar surface area (TPSA) is 71.5 Å². The molecule has 0 spiro atoms. The molecule has 1 saturated heterocycles. The first-order chi connectivity index (χ1) is 11.6. The van der Waals surface area contributed by atoms with Crippen LogP contribution in [-0.4, -0.2) is 41.6 Å². The summed E-state index contributed by atoms with van der Waals surface area (Å²) < 4.78 is 5.73. The Morgan fingerprint density at radius 2 is 2.08 bits per heavy atom. The smallest absolute Gasteiger partial charge is 0.286 e. The second-order valence-corrected chi connectivity index (χ2v) is 7.36. The van der Waals surface area contributed by atoms with Crippen molar-refractivity contribution in [1.29, 1.82) is 0 Å². The molecule has 1 unspecified atom stereocenters. The van der Waals surface area contributed by atoms with E-state index < -0.39 is 0 Å². The van der Waals surface area contributed by atoms with Crippen molar-refractivity contribution in [3.63, 3.8) is 0 Å². The predicted octanol–water partition coefficient (Wildman–Crippen LogP) is 2.55. The van der Waals surface area contributed by atoms with Gasteiger partial charge in [-0.1, -0.05) is 23.9 Å².